The average Bonchev–Trinajstić information content (AvgIpc) is 2.31. The van der Waals surface area contributed by atoms with Crippen molar-refractivity contribution >= 4 is 11.4 Å². The second-order valence-electron chi connectivity index (χ2n) is 5.29. The van der Waals surface area contributed by atoms with E-state index in [0.717, 1.165) is 18.0 Å². The molecule has 0 bridgehead atoms. The van der Waals surface area contributed by atoms with E-state index >= 15 is 0 Å². The number of nitrogens with two attached hydrogens (primary N) is 1. The molecule has 0 amide bonds. The number of anilines is 2. The molecule has 0 saturated heterocycles. The van der Waals surface area contributed by atoms with Crippen LogP contribution in [0.1, 0.15) is 38.7 Å². The average molecular weight is 232 g/mol. The quantitative estimate of drug-likeness (QED) is 0.806. The lowest BCUT2D eigenvalue weighted by Gasteiger charge is -2.34. The lowest BCUT2D eigenvalue weighted by Crippen LogP contribution is -2.33. The third kappa shape index (κ3) is 2.74. The Bertz CT molecular complexity index is 373. The number of nitrogen functional groups attached to an aromatic ring is 1. The van der Waals surface area contributed by atoms with Crippen LogP contribution in [-0.4, -0.2) is 13.1 Å². The SMILES string of the molecule is CCCC(C)CN1CCCc2c(N)cccc21. The smallest absolute Gasteiger partial charge is 0.0419 e. The fraction of sp³-hybridized carbons (Fsp3) is 0.600. The van der Waals surface area contributed by atoms with Crippen molar-refractivity contribution in [3.8, 4) is 0 Å². The summed E-state index contributed by atoms with van der Waals surface area (Å²) in [7, 11) is 0. The van der Waals surface area contributed by atoms with E-state index in [-0.39, 0.29) is 0 Å². The number of hydrogen-bond acceptors (Lipinski definition) is 2. The van der Waals surface area contributed by atoms with Gasteiger partial charge in [0.2, 0.25) is 0 Å². The Kier molecular flexibility index (Phi) is 3.93. The molecule has 1 atom stereocenters. The molecule has 1 aromatic rings. The van der Waals surface area contributed by atoms with Gasteiger partial charge < -0.3 is 10.6 Å². The van der Waals surface area contributed by atoms with Gasteiger partial charge in [0.05, 0.1) is 0 Å². The zero-order valence-electron chi connectivity index (χ0n) is 11.1. The lowest BCUT2D eigenvalue weighted by atomic mass is 9.97. The molecule has 2 nitrogen and oxygen atoms in total. The molecule has 1 aromatic carbocycles. The highest BCUT2D eigenvalue weighted by Gasteiger charge is 2.19. The van der Waals surface area contributed by atoms with E-state index in [1.807, 2.05) is 6.07 Å². The molecular weight excluding hydrogens is 208 g/mol. The number of nitrogens with zero attached hydrogens (tertiary/aromatic N) is 1. The van der Waals surface area contributed by atoms with Crippen molar-refractivity contribution in [1.29, 1.82) is 0 Å². The van der Waals surface area contributed by atoms with Crippen LogP contribution in [0, 0.1) is 5.92 Å². The van der Waals surface area contributed by atoms with Crippen LogP contribution in [0.3, 0.4) is 0 Å². The Labute approximate surface area is 105 Å². The number of hydrogen-bond donors (Lipinski definition) is 1. The van der Waals surface area contributed by atoms with Crippen LogP contribution in [0.2, 0.25) is 0 Å². The number of benzene rings is 1. The fourth-order valence-corrected chi connectivity index (χ4v) is 2.88. The molecule has 94 valence electrons. The van der Waals surface area contributed by atoms with Crippen LogP contribution in [0.25, 0.3) is 0 Å². The summed E-state index contributed by atoms with van der Waals surface area (Å²) < 4.78 is 0. The molecule has 0 radical (unpaired) electrons. The summed E-state index contributed by atoms with van der Waals surface area (Å²) in [5, 5.41) is 0. The molecule has 0 saturated carbocycles. The minimum Gasteiger partial charge on any atom is -0.398 e. The first-order chi connectivity index (χ1) is 8.22. The van der Waals surface area contributed by atoms with Gasteiger partial charge in [0.15, 0.2) is 0 Å². The van der Waals surface area contributed by atoms with Gasteiger partial charge in [-0.2, -0.15) is 0 Å². The second kappa shape index (κ2) is 5.44. The molecule has 1 aliphatic heterocycles. The van der Waals surface area contributed by atoms with E-state index in [1.54, 1.807) is 0 Å². The van der Waals surface area contributed by atoms with E-state index in [0.29, 0.717) is 0 Å². The summed E-state index contributed by atoms with van der Waals surface area (Å²) in [4.78, 5) is 2.52. The van der Waals surface area contributed by atoms with Crippen LogP contribution in [-0.2, 0) is 6.42 Å². The normalized spacial score (nSPS) is 16.7. The molecular formula is C15H24N2. The van der Waals surface area contributed by atoms with Crippen molar-refractivity contribution in [2.45, 2.75) is 39.5 Å². The van der Waals surface area contributed by atoms with Gasteiger partial charge in [-0.25, -0.2) is 0 Å². The van der Waals surface area contributed by atoms with Gasteiger partial charge in [-0.15, -0.1) is 0 Å². The van der Waals surface area contributed by atoms with E-state index in [4.69, 9.17) is 5.73 Å². The van der Waals surface area contributed by atoms with Crippen LogP contribution < -0.4 is 10.6 Å². The molecule has 2 N–H and O–H groups in total. The number of rotatable bonds is 4. The number of fused-ring (bicyclic) bond motifs is 1. The van der Waals surface area contributed by atoms with E-state index < -0.39 is 0 Å². The fourth-order valence-electron chi connectivity index (χ4n) is 2.88. The predicted molar refractivity (Wildman–Crippen MR) is 75.5 cm³/mol. The summed E-state index contributed by atoms with van der Waals surface area (Å²) in [5.41, 5.74) is 9.77. The standard InChI is InChI=1S/C15H24N2/c1-3-6-12(2)11-17-10-5-7-13-14(16)8-4-9-15(13)17/h4,8-9,12H,3,5-7,10-11,16H2,1-2H3. The first kappa shape index (κ1) is 12.3. The molecule has 2 heteroatoms. The Morgan fingerprint density at radius 1 is 1.41 bits per heavy atom. The molecule has 0 aromatic heterocycles. The molecule has 0 aliphatic carbocycles. The van der Waals surface area contributed by atoms with Gasteiger partial charge >= 0.3 is 0 Å². The van der Waals surface area contributed by atoms with E-state index in [2.05, 4.69) is 30.9 Å². The summed E-state index contributed by atoms with van der Waals surface area (Å²) >= 11 is 0. The maximum atomic E-state index is 6.07. The first-order valence-electron chi connectivity index (χ1n) is 6.84. The summed E-state index contributed by atoms with van der Waals surface area (Å²) in [6, 6.07) is 6.33. The van der Waals surface area contributed by atoms with Crippen LogP contribution in [0.4, 0.5) is 11.4 Å². The summed E-state index contributed by atoms with van der Waals surface area (Å²) in [6.07, 6.45) is 4.97. The van der Waals surface area contributed by atoms with Crippen LogP contribution in [0.5, 0.6) is 0 Å². The van der Waals surface area contributed by atoms with Gasteiger partial charge in [0.1, 0.15) is 0 Å². The Morgan fingerprint density at radius 3 is 3.00 bits per heavy atom. The Morgan fingerprint density at radius 2 is 2.24 bits per heavy atom. The van der Waals surface area contributed by atoms with E-state index in [9.17, 15) is 0 Å². The van der Waals surface area contributed by atoms with Crippen molar-refractivity contribution in [3.05, 3.63) is 23.8 Å². The van der Waals surface area contributed by atoms with Crippen LogP contribution in [0.15, 0.2) is 18.2 Å². The van der Waals surface area contributed by atoms with Crippen molar-refractivity contribution in [2.24, 2.45) is 5.92 Å². The summed E-state index contributed by atoms with van der Waals surface area (Å²) in [6.45, 7) is 6.97. The first-order valence-corrected chi connectivity index (χ1v) is 6.84. The van der Waals surface area contributed by atoms with Gasteiger partial charge in [0, 0.05) is 24.5 Å². The van der Waals surface area contributed by atoms with Crippen molar-refractivity contribution < 1.29 is 0 Å². The molecule has 1 aliphatic rings. The zero-order chi connectivity index (χ0) is 12.3. The Hall–Kier alpha value is -1.18. The maximum Gasteiger partial charge on any atom is 0.0419 e. The van der Waals surface area contributed by atoms with E-state index in [1.165, 1.54) is 43.6 Å². The second-order valence-corrected chi connectivity index (χ2v) is 5.29. The molecule has 2 rings (SSSR count). The van der Waals surface area contributed by atoms with Gasteiger partial charge in [-0.3, -0.25) is 0 Å². The topological polar surface area (TPSA) is 29.3 Å². The third-order valence-corrected chi connectivity index (χ3v) is 3.70. The van der Waals surface area contributed by atoms with Gasteiger partial charge in [-0.05, 0) is 42.9 Å². The maximum absolute atomic E-state index is 6.07. The largest absolute Gasteiger partial charge is 0.398 e. The molecule has 17 heavy (non-hydrogen) atoms. The molecule has 1 unspecified atom stereocenters. The predicted octanol–water partition coefficient (Wildman–Crippen LogP) is 3.46. The van der Waals surface area contributed by atoms with Crippen LogP contribution >= 0.6 is 0 Å². The van der Waals surface area contributed by atoms with Crippen molar-refractivity contribution in [3.63, 3.8) is 0 Å². The van der Waals surface area contributed by atoms with Gasteiger partial charge in [-0.1, -0.05) is 26.3 Å². The minimum absolute atomic E-state index is 0.771. The Balaban J connectivity index is 2.14. The monoisotopic (exact) mass is 232 g/mol. The van der Waals surface area contributed by atoms with Gasteiger partial charge in [0.25, 0.3) is 0 Å². The minimum atomic E-state index is 0.771. The molecule has 1 heterocycles. The van der Waals surface area contributed by atoms with Crippen molar-refractivity contribution in [1.82, 2.24) is 0 Å². The summed E-state index contributed by atoms with van der Waals surface area (Å²) in [5.74, 6) is 0.771. The van der Waals surface area contributed by atoms with Crippen molar-refractivity contribution in [2.75, 3.05) is 23.7 Å². The molecule has 0 fully saturated rings. The molecule has 0 spiro atoms. The lowest BCUT2D eigenvalue weighted by molar-refractivity contribution is 0.502. The highest BCUT2D eigenvalue weighted by molar-refractivity contribution is 5.66. The zero-order valence-corrected chi connectivity index (χ0v) is 11.1. The highest BCUT2D eigenvalue weighted by Crippen LogP contribution is 2.31. The highest BCUT2D eigenvalue weighted by atomic mass is 15.1. The third-order valence-electron chi connectivity index (χ3n) is 3.70.